The Kier molecular flexibility index (Phi) is 3.97. The summed E-state index contributed by atoms with van der Waals surface area (Å²) in [5.74, 6) is 0.116. The van der Waals surface area contributed by atoms with E-state index in [-0.39, 0.29) is 5.78 Å². The van der Waals surface area contributed by atoms with Crippen LogP contribution in [0.2, 0.25) is 0 Å². The number of carbonyl (C=O) groups excluding carboxylic acids is 1. The van der Waals surface area contributed by atoms with Crippen LogP contribution in [0.3, 0.4) is 0 Å². The number of alkyl halides is 1. The fourth-order valence-electron chi connectivity index (χ4n) is 2.15. The minimum Gasteiger partial charge on any atom is -0.293 e. The van der Waals surface area contributed by atoms with E-state index < -0.39 is 0 Å². The Morgan fingerprint density at radius 3 is 2.44 bits per heavy atom. The molecule has 0 fully saturated rings. The topological polar surface area (TPSA) is 17.1 Å². The molecule has 0 aromatic heterocycles. The van der Waals surface area contributed by atoms with E-state index in [1.165, 1.54) is 11.1 Å². The maximum atomic E-state index is 11.9. The third kappa shape index (κ3) is 2.54. The van der Waals surface area contributed by atoms with Crippen molar-refractivity contribution in [3.05, 3.63) is 59.2 Å². The Balaban J connectivity index is 2.60. The number of Topliss-reactive ketones (excluding diaryl/α,β-unsaturated/α-hetero) is 1. The van der Waals surface area contributed by atoms with E-state index in [2.05, 4.69) is 48.0 Å². The van der Waals surface area contributed by atoms with Crippen molar-refractivity contribution in [3.8, 4) is 11.1 Å². The third-order valence-electron chi connectivity index (χ3n) is 3.02. The predicted octanol–water partition coefficient (Wildman–Crippen LogP) is 4.55. The average molecular weight is 303 g/mol. The van der Waals surface area contributed by atoms with Gasteiger partial charge in [0.1, 0.15) is 0 Å². The number of ketones is 1. The van der Waals surface area contributed by atoms with Crippen molar-refractivity contribution in [2.45, 2.75) is 13.8 Å². The lowest BCUT2D eigenvalue weighted by Crippen LogP contribution is -2.02. The quantitative estimate of drug-likeness (QED) is 0.600. The normalized spacial score (nSPS) is 10.4. The predicted molar refractivity (Wildman–Crippen MR) is 79.5 cm³/mol. The largest absolute Gasteiger partial charge is 0.293 e. The smallest absolute Gasteiger partial charge is 0.173 e. The first kappa shape index (κ1) is 13.0. The van der Waals surface area contributed by atoms with Crippen molar-refractivity contribution < 1.29 is 4.79 Å². The molecule has 0 saturated heterocycles. The van der Waals surface area contributed by atoms with Crippen LogP contribution in [0.15, 0.2) is 42.5 Å². The molecule has 0 N–H and O–H groups in total. The molecule has 2 aromatic carbocycles. The first-order chi connectivity index (χ1) is 8.63. The standard InChI is InChI=1S/C16H15BrO/c1-11-7-8-13(12(2)9-11)14-5-3-4-6-15(14)16(18)10-17/h3-9H,10H2,1-2H3. The highest BCUT2D eigenvalue weighted by molar-refractivity contribution is 9.09. The highest BCUT2D eigenvalue weighted by Crippen LogP contribution is 2.28. The number of rotatable bonds is 3. The van der Waals surface area contributed by atoms with Gasteiger partial charge in [-0.15, -0.1) is 0 Å². The Labute approximate surface area is 116 Å². The van der Waals surface area contributed by atoms with Gasteiger partial charge in [0, 0.05) is 5.56 Å². The van der Waals surface area contributed by atoms with Gasteiger partial charge in [-0.3, -0.25) is 4.79 Å². The second-order valence-corrected chi connectivity index (χ2v) is 4.98. The summed E-state index contributed by atoms with van der Waals surface area (Å²) in [6.07, 6.45) is 0. The molecule has 2 rings (SSSR count). The summed E-state index contributed by atoms with van der Waals surface area (Å²) in [5, 5.41) is 0.356. The van der Waals surface area contributed by atoms with Crippen LogP contribution in [0.1, 0.15) is 21.5 Å². The summed E-state index contributed by atoms with van der Waals surface area (Å²) in [6, 6.07) is 14.1. The Bertz CT molecular complexity index is 587. The summed E-state index contributed by atoms with van der Waals surface area (Å²) in [6.45, 7) is 4.16. The Hall–Kier alpha value is -1.41. The fourth-order valence-corrected chi connectivity index (χ4v) is 2.45. The van der Waals surface area contributed by atoms with Crippen LogP contribution in [0.25, 0.3) is 11.1 Å². The molecule has 0 aliphatic rings. The van der Waals surface area contributed by atoms with E-state index in [1.54, 1.807) is 0 Å². The zero-order valence-electron chi connectivity index (χ0n) is 10.5. The van der Waals surface area contributed by atoms with Crippen molar-refractivity contribution in [3.63, 3.8) is 0 Å². The molecule has 0 radical (unpaired) electrons. The van der Waals surface area contributed by atoms with Crippen molar-refractivity contribution >= 4 is 21.7 Å². The molecular weight excluding hydrogens is 288 g/mol. The maximum Gasteiger partial charge on any atom is 0.173 e. The van der Waals surface area contributed by atoms with Gasteiger partial charge in [0.15, 0.2) is 5.78 Å². The molecule has 92 valence electrons. The maximum absolute atomic E-state index is 11.9. The molecular formula is C16H15BrO. The second kappa shape index (κ2) is 5.49. The molecule has 0 bridgehead atoms. The number of carbonyl (C=O) groups is 1. The zero-order valence-corrected chi connectivity index (χ0v) is 12.1. The van der Waals surface area contributed by atoms with Crippen molar-refractivity contribution in [1.82, 2.24) is 0 Å². The second-order valence-electron chi connectivity index (χ2n) is 4.42. The molecule has 0 aliphatic heterocycles. The van der Waals surface area contributed by atoms with Gasteiger partial charge >= 0.3 is 0 Å². The van der Waals surface area contributed by atoms with Crippen LogP contribution >= 0.6 is 15.9 Å². The average Bonchev–Trinajstić information content (AvgIpc) is 2.38. The summed E-state index contributed by atoms with van der Waals surface area (Å²) in [7, 11) is 0. The van der Waals surface area contributed by atoms with Crippen molar-refractivity contribution in [2.24, 2.45) is 0 Å². The number of aryl methyl sites for hydroxylation is 2. The summed E-state index contributed by atoms with van der Waals surface area (Å²) >= 11 is 3.24. The van der Waals surface area contributed by atoms with Crippen LogP contribution < -0.4 is 0 Å². The van der Waals surface area contributed by atoms with Gasteiger partial charge in [0.05, 0.1) is 5.33 Å². The van der Waals surface area contributed by atoms with Gasteiger partial charge in [0.2, 0.25) is 0 Å². The van der Waals surface area contributed by atoms with Crippen LogP contribution in [0.5, 0.6) is 0 Å². The number of benzene rings is 2. The SMILES string of the molecule is Cc1ccc(-c2ccccc2C(=O)CBr)c(C)c1. The lowest BCUT2D eigenvalue weighted by Gasteiger charge is -2.11. The molecule has 0 atom stereocenters. The first-order valence-corrected chi connectivity index (χ1v) is 7.01. The number of hydrogen-bond acceptors (Lipinski definition) is 1. The summed E-state index contributed by atoms with van der Waals surface area (Å²) in [4.78, 5) is 11.9. The molecule has 0 saturated carbocycles. The lowest BCUT2D eigenvalue weighted by molar-refractivity contribution is 0.102. The van der Waals surface area contributed by atoms with Crippen LogP contribution in [0.4, 0.5) is 0 Å². The summed E-state index contributed by atoms with van der Waals surface area (Å²) in [5.41, 5.74) is 5.36. The van der Waals surface area contributed by atoms with Crippen LogP contribution in [0, 0.1) is 13.8 Å². The van der Waals surface area contributed by atoms with Crippen molar-refractivity contribution in [1.29, 1.82) is 0 Å². The Morgan fingerprint density at radius 1 is 1.06 bits per heavy atom. The fraction of sp³-hybridized carbons (Fsp3) is 0.188. The first-order valence-electron chi connectivity index (χ1n) is 5.89. The van der Waals surface area contributed by atoms with Gasteiger partial charge in [-0.05, 0) is 30.5 Å². The third-order valence-corrected chi connectivity index (χ3v) is 3.53. The van der Waals surface area contributed by atoms with E-state index in [0.717, 1.165) is 16.7 Å². The highest BCUT2D eigenvalue weighted by atomic mass is 79.9. The molecule has 2 aromatic rings. The molecule has 0 unspecified atom stereocenters. The minimum absolute atomic E-state index is 0.116. The Morgan fingerprint density at radius 2 is 1.78 bits per heavy atom. The monoisotopic (exact) mass is 302 g/mol. The van der Waals surface area contributed by atoms with Crippen LogP contribution in [-0.2, 0) is 0 Å². The zero-order chi connectivity index (χ0) is 13.1. The van der Waals surface area contributed by atoms with Gasteiger partial charge in [-0.2, -0.15) is 0 Å². The molecule has 0 aliphatic carbocycles. The van der Waals surface area contributed by atoms with E-state index in [1.807, 2.05) is 24.3 Å². The van der Waals surface area contributed by atoms with E-state index in [0.29, 0.717) is 5.33 Å². The van der Waals surface area contributed by atoms with Crippen LogP contribution in [-0.4, -0.2) is 11.1 Å². The van der Waals surface area contributed by atoms with E-state index in [4.69, 9.17) is 0 Å². The van der Waals surface area contributed by atoms with E-state index >= 15 is 0 Å². The molecule has 1 nitrogen and oxygen atoms in total. The molecule has 18 heavy (non-hydrogen) atoms. The highest BCUT2D eigenvalue weighted by Gasteiger charge is 2.12. The number of hydrogen-bond donors (Lipinski definition) is 0. The molecule has 0 heterocycles. The van der Waals surface area contributed by atoms with Crippen molar-refractivity contribution in [2.75, 3.05) is 5.33 Å². The van der Waals surface area contributed by atoms with Gasteiger partial charge in [-0.1, -0.05) is 64.0 Å². The van der Waals surface area contributed by atoms with Gasteiger partial charge in [0.25, 0.3) is 0 Å². The van der Waals surface area contributed by atoms with Gasteiger partial charge in [-0.25, -0.2) is 0 Å². The number of halogens is 1. The van der Waals surface area contributed by atoms with Gasteiger partial charge < -0.3 is 0 Å². The molecule has 0 amide bonds. The minimum atomic E-state index is 0.116. The lowest BCUT2D eigenvalue weighted by atomic mass is 9.93. The summed E-state index contributed by atoms with van der Waals surface area (Å²) < 4.78 is 0. The molecule has 0 spiro atoms. The van der Waals surface area contributed by atoms with E-state index in [9.17, 15) is 4.79 Å². The molecule has 2 heteroatoms.